The molecule has 0 radical (unpaired) electrons. The Kier molecular flexibility index (Phi) is 3.30. The molecule has 0 aliphatic carbocycles. The van der Waals surface area contributed by atoms with E-state index in [1.165, 1.54) is 7.05 Å². The molecule has 1 heterocycles. The van der Waals surface area contributed by atoms with Gasteiger partial charge in [0.05, 0.1) is 17.8 Å². The second kappa shape index (κ2) is 4.76. The quantitative estimate of drug-likeness (QED) is 0.579. The second-order valence-corrected chi connectivity index (χ2v) is 5.15. The van der Waals surface area contributed by atoms with E-state index in [0.29, 0.717) is 16.9 Å². The van der Waals surface area contributed by atoms with Crippen molar-refractivity contribution in [2.24, 2.45) is 10.1 Å². The molecule has 9 heteroatoms. The number of hydrogen-bond donors (Lipinski definition) is 4. The highest BCUT2D eigenvalue weighted by atomic mass is 32.2. The van der Waals surface area contributed by atoms with Crippen molar-refractivity contribution in [3.05, 3.63) is 23.8 Å². The van der Waals surface area contributed by atoms with Crippen LogP contribution >= 0.6 is 0 Å². The highest BCUT2D eigenvalue weighted by Crippen LogP contribution is 2.28. The number of anilines is 2. The Labute approximate surface area is 110 Å². The number of benzene rings is 1. The number of carbonyl (C=O) groups is 1. The summed E-state index contributed by atoms with van der Waals surface area (Å²) in [6.45, 7) is 0.0486. The zero-order chi connectivity index (χ0) is 14.0. The van der Waals surface area contributed by atoms with E-state index in [-0.39, 0.29) is 18.3 Å². The molecule has 2 rings (SSSR count). The Balaban J connectivity index is 2.37. The van der Waals surface area contributed by atoms with Crippen molar-refractivity contribution in [1.82, 2.24) is 5.32 Å². The summed E-state index contributed by atoms with van der Waals surface area (Å²) < 4.78 is 28.4. The summed E-state index contributed by atoms with van der Waals surface area (Å²) in [5, 5.41) is 5.34. The molecule has 1 aliphatic rings. The van der Waals surface area contributed by atoms with E-state index in [0.717, 1.165) is 0 Å². The van der Waals surface area contributed by atoms with Gasteiger partial charge in [0, 0.05) is 12.7 Å². The number of hydrogen-bond acceptors (Lipinski definition) is 5. The van der Waals surface area contributed by atoms with Crippen LogP contribution < -0.4 is 21.1 Å². The van der Waals surface area contributed by atoms with Gasteiger partial charge in [0.1, 0.15) is 5.84 Å². The Morgan fingerprint density at radius 1 is 1.47 bits per heavy atom. The molecule has 0 aromatic heterocycles. The Bertz CT molecular complexity index is 653. The van der Waals surface area contributed by atoms with Gasteiger partial charge in [0.25, 0.3) is 0 Å². The fourth-order valence-electron chi connectivity index (χ4n) is 1.66. The summed E-state index contributed by atoms with van der Waals surface area (Å²) in [5.41, 5.74) is 6.94. The summed E-state index contributed by atoms with van der Waals surface area (Å²) in [4.78, 5) is 11.2. The third-order valence-corrected chi connectivity index (χ3v) is 3.41. The van der Waals surface area contributed by atoms with Gasteiger partial charge in [0.15, 0.2) is 0 Å². The van der Waals surface area contributed by atoms with Gasteiger partial charge in [-0.3, -0.25) is 9.52 Å². The van der Waals surface area contributed by atoms with Crippen LogP contribution in [0.1, 0.15) is 5.56 Å². The maximum absolute atomic E-state index is 11.4. The third kappa shape index (κ3) is 2.76. The molecule has 1 aliphatic heterocycles. The number of nitrogens with zero attached hydrogens (tertiary/aromatic N) is 1. The van der Waals surface area contributed by atoms with Crippen LogP contribution in [0.2, 0.25) is 0 Å². The van der Waals surface area contributed by atoms with Gasteiger partial charge in [-0.1, -0.05) is 6.07 Å². The molecule has 102 valence electrons. The van der Waals surface area contributed by atoms with Gasteiger partial charge in [0.2, 0.25) is 5.91 Å². The van der Waals surface area contributed by atoms with Crippen LogP contribution in [0, 0.1) is 0 Å². The van der Waals surface area contributed by atoms with Crippen molar-refractivity contribution in [2.75, 3.05) is 23.6 Å². The number of nitrogens with one attached hydrogen (secondary N) is 3. The van der Waals surface area contributed by atoms with E-state index in [9.17, 15) is 13.2 Å². The summed E-state index contributed by atoms with van der Waals surface area (Å²) in [6.07, 6.45) is 0. The van der Waals surface area contributed by atoms with Crippen LogP contribution in [0.25, 0.3) is 0 Å². The van der Waals surface area contributed by atoms with Crippen molar-refractivity contribution >= 4 is 33.3 Å². The Morgan fingerprint density at radius 2 is 2.21 bits per heavy atom. The molecule has 0 fully saturated rings. The molecule has 1 amide bonds. The summed E-state index contributed by atoms with van der Waals surface area (Å²) in [5.74, 6) is -0.321. The number of fused-ring (bicyclic) bond motifs is 1. The minimum Gasteiger partial charge on any atom is -0.382 e. The lowest BCUT2D eigenvalue weighted by Crippen LogP contribution is -2.30. The predicted molar refractivity (Wildman–Crippen MR) is 72.3 cm³/mol. The van der Waals surface area contributed by atoms with E-state index in [1.54, 1.807) is 18.2 Å². The molecule has 0 saturated carbocycles. The van der Waals surface area contributed by atoms with Crippen molar-refractivity contribution in [2.45, 2.75) is 0 Å². The number of rotatable bonds is 3. The SMILES string of the molecule is CNC(=O)CNc1cccc2c1C(N)=NS(=O)(=O)N2. The van der Waals surface area contributed by atoms with E-state index in [4.69, 9.17) is 5.73 Å². The summed E-state index contributed by atoms with van der Waals surface area (Å²) in [7, 11) is -2.27. The average Bonchev–Trinajstić information content (AvgIpc) is 2.33. The minimum atomic E-state index is -3.79. The highest BCUT2D eigenvalue weighted by Gasteiger charge is 2.23. The van der Waals surface area contributed by atoms with Gasteiger partial charge in [-0.25, -0.2) is 0 Å². The van der Waals surface area contributed by atoms with E-state index < -0.39 is 10.2 Å². The molecule has 19 heavy (non-hydrogen) atoms. The predicted octanol–water partition coefficient (Wildman–Crippen LogP) is -0.780. The fraction of sp³-hybridized carbons (Fsp3) is 0.200. The van der Waals surface area contributed by atoms with E-state index in [2.05, 4.69) is 19.8 Å². The van der Waals surface area contributed by atoms with Crippen molar-refractivity contribution < 1.29 is 13.2 Å². The van der Waals surface area contributed by atoms with Crippen LogP contribution in [0.15, 0.2) is 22.6 Å². The molecule has 1 aromatic carbocycles. The number of amidine groups is 1. The number of likely N-dealkylation sites (N-methyl/N-ethyl adjacent to an activating group) is 1. The zero-order valence-corrected chi connectivity index (χ0v) is 10.9. The molecule has 0 unspecified atom stereocenters. The molecule has 1 aromatic rings. The number of amides is 1. The van der Waals surface area contributed by atoms with Crippen molar-refractivity contribution in [3.63, 3.8) is 0 Å². The minimum absolute atomic E-state index is 0.0486. The summed E-state index contributed by atoms with van der Waals surface area (Å²) >= 11 is 0. The number of nitrogens with two attached hydrogens (primary N) is 1. The lowest BCUT2D eigenvalue weighted by atomic mass is 10.1. The molecule has 0 saturated heterocycles. The molecule has 0 atom stereocenters. The molecular weight excluding hydrogens is 270 g/mol. The third-order valence-electron chi connectivity index (χ3n) is 2.50. The largest absolute Gasteiger partial charge is 0.382 e. The molecule has 5 N–H and O–H groups in total. The van der Waals surface area contributed by atoms with Crippen LogP contribution in [-0.4, -0.2) is 33.8 Å². The summed E-state index contributed by atoms with van der Waals surface area (Å²) in [6, 6.07) is 4.90. The first kappa shape index (κ1) is 13.1. The first-order chi connectivity index (χ1) is 8.93. The van der Waals surface area contributed by atoms with E-state index >= 15 is 0 Å². The van der Waals surface area contributed by atoms with Crippen molar-refractivity contribution in [1.29, 1.82) is 0 Å². The van der Waals surface area contributed by atoms with Crippen LogP contribution in [-0.2, 0) is 15.0 Å². The van der Waals surface area contributed by atoms with Gasteiger partial charge >= 0.3 is 10.2 Å². The highest BCUT2D eigenvalue weighted by molar-refractivity contribution is 7.91. The lowest BCUT2D eigenvalue weighted by molar-refractivity contribution is -0.118. The number of carbonyl (C=O) groups excluding carboxylic acids is 1. The normalized spacial score (nSPS) is 15.7. The molecule has 8 nitrogen and oxygen atoms in total. The molecule has 0 bridgehead atoms. The van der Waals surface area contributed by atoms with Crippen LogP contribution in [0.3, 0.4) is 0 Å². The zero-order valence-electron chi connectivity index (χ0n) is 10.1. The maximum atomic E-state index is 11.4. The van der Waals surface area contributed by atoms with Crippen LogP contribution in [0.4, 0.5) is 11.4 Å². The first-order valence-electron chi connectivity index (χ1n) is 5.39. The second-order valence-electron chi connectivity index (χ2n) is 3.81. The van der Waals surface area contributed by atoms with E-state index in [1.807, 2.05) is 0 Å². The van der Waals surface area contributed by atoms with Crippen LogP contribution in [0.5, 0.6) is 0 Å². The monoisotopic (exact) mass is 283 g/mol. The average molecular weight is 283 g/mol. The van der Waals surface area contributed by atoms with Gasteiger partial charge in [-0.05, 0) is 12.1 Å². The first-order valence-corrected chi connectivity index (χ1v) is 6.83. The maximum Gasteiger partial charge on any atom is 0.344 e. The standard InChI is InChI=1S/C10H13N5O3S/c1-12-8(16)5-13-6-3-2-4-7-9(6)10(11)15-19(17,18)14-7/h2-4,13-14H,5H2,1H3,(H2,11,15)(H,12,16). The molecular formula is C10H13N5O3S. The lowest BCUT2D eigenvalue weighted by Gasteiger charge is -2.19. The fourth-order valence-corrected chi connectivity index (χ4v) is 2.51. The Hall–Kier alpha value is -2.29. The topological polar surface area (TPSA) is 126 Å². The van der Waals surface area contributed by atoms with Crippen molar-refractivity contribution in [3.8, 4) is 0 Å². The Morgan fingerprint density at radius 3 is 2.89 bits per heavy atom. The smallest absolute Gasteiger partial charge is 0.344 e. The molecule has 0 spiro atoms. The van der Waals surface area contributed by atoms with Gasteiger partial charge in [-0.15, -0.1) is 4.40 Å². The van der Waals surface area contributed by atoms with Gasteiger partial charge in [-0.2, -0.15) is 8.42 Å². The van der Waals surface area contributed by atoms with Gasteiger partial charge < -0.3 is 16.4 Å².